The molecule has 1 heterocycles. The first kappa shape index (κ1) is 13.5. The Morgan fingerprint density at radius 3 is 2.47 bits per heavy atom. The van der Waals surface area contributed by atoms with Gasteiger partial charge in [0.2, 0.25) is 0 Å². The van der Waals surface area contributed by atoms with E-state index in [0.717, 1.165) is 18.8 Å². The van der Waals surface area contributed by atoms with Crippen molar-refractivity contribution < 1.29 is 9.53 Å². The Labute approximate surface area is 117 Å². The van der Waals surface area contributed by atoms with Gasteiger partial charge in [0.1, 0.15) is 5.60 Å². The molecule has 0 aromatic rings. The lowest BCUT2D eigenvalue weighted by Crippen LogP contribution is -2.60. The summed E-state index contributed by atoms with van der Waals surface area (Å²) in [5.74, 6) is 1.38. The Morgan fingerprint density at radius 2 is 1.74 bits per heavy atom. The summed E-state index contributed by atoms with van der Waals surface area (Å²) in [6.07, 6.45) is 7.97. The first-order valence-electron chi connectivity index (χ1n) is 8.00. The molecule has 0 radical (unpaired) electrons. The number of hydrogen-bond donors (Lipinski definition) is 0. The molecule has 0 bridgehead atoms. The molecule has 0 N–H and O–H groups in total. The van der Waals surface area contributed by atoms with Crippen molar-refractivity contribution in [2.75, 3.05) is 0 Å². The molecule has 3 rings (SSSR count). The highest BCUT2D eigenvalue weighted by molar-refractivity contribution is 5.71. The first-order valence-corrected chi connectivity index (χ1v) is 8.00. The van der Waals surface area contributed by atoms with Crippen LogP contribution < -0.4 is 0 Å². The van der Waals surface area contributed by atoms with Crippen molar-refractivity contribution in [3.05, 3.63) is 0 Å². The molecule has 2 nitrogen and oxygen atoms in total. The van der Waals surface area contributed by atoms with Gasteiger partial charge in [0.05, 0.1) is 0 Å². The Bertz CT molecular complexity index is 400. The molecule has 2 saturated carbocycles. The summed E-state index contributed by atoms with van der Waals surface area (Å²) in [5.41, 5.74) is 0.638. The Hall–Kier alpha value is -0.530. The SMILES string of the molecule is CC1(C)CCCC2(C)C1CCC1(C)OC(=O)CCC12. The van der Waals surface area contributed by atoms with Gasteiger partial charge in [0.15, 0.2) is 0 Å². The predicted molar refractivity (Wildman–Crippen MR) is 75.7 cm³/mol. The number of esters is 1. The summed E-state index contributed by atoms with van der Waals surface area (Å²) in [6, 6.07) is 0. The third-order valence-electron chi connectivity index (χ3n) is 6.72. The third kappa shape index (κ3) is 1.86. The van der Waals surface area contributed by atoms with Crippen molar-refractivity contribution in [1.82, 2.24) is 0 Å². The van der Waals surface area contributed by atoms with Crippen molar-refractivity contribution in [2.24, 2.45) is 22.7 Å². The molecule has 4 unspecified atom stereocenters. The zero-order chi connectivity index (χ0) is 13.9. The second kappa shape index (κ2) is 3.99. The summed E-state index contributed by atoms with van der Waals surface area (Å²) < 4.78 is 5.82. The third-order valence-corrected chi connectivity index (χ3v) is 6.72. The van der Waals surface area contributed by atoms with Gasteiger partial charge in [-0.2, -0.15) is 0 Å². The van der Waals surface area contributed by atoms with Gasteiger partial charge in [-0.3, -0.25) is 4.79 Å². The van der Waals surface area contributed by atoms with Gasteiger partial charge in [-0.15, -0.1) is 0 Å². The fourth-order valence-electron chi connectivity index (χ4n) is 5.94. The highest BCUT2D eigenvalue weighted by Gasteiger charge is 2.60. The highest BCUT2D eigenvalue weighted by atomic mass is 16.6. The first-order chi connectivity index (χ1) is 8.78. The molecule has 4 atom stereocenters. The molecule has 3 aliphatic rings. The Morgan fingerprint density at radius 1 is 1.00 bits per heavy atom. The van der Waals surface area contributed by atoms with Crippen molar-refractivity contribution >= 4 is 5.97 Å². The van der Waals surface area contributed by atoms with E-state index in [1.165, 1.54) is 25.7 Å². The van der Waals surface area contributed by atoms with E-state index in [1.54, 1.807) is 0 Å². The molecule has 0 aromatic carbocycles. The molecule has 0 spiro atoms. The molecule has 1 aliphatic heterocycles. The lowest BCUT2D eigenvalue weighted by molar-refractivity contribution is -0.215. The molecule has 2 heteroatoms. The summed E-state index contributed by atoms with van der Waals surface area (Å²) in [7, 11) is 0. The maximum Gasteiger partial charge on any atom is 0.306 e. The number of carbonyl (C=O) groups excluding carboxylic acids is 1. The van der Waals surface area contributed by atoms with Crippen LogP contribution in [0.15, 0.2) is 0 Å². The summed E-state index contributed by atoms with van der Waals surface area (Å²) in [5, 5.41) is 0. The van der Waals surface area contributed by atoms with E-state index in [0.29, 0.717) is 23.2 Å². The summed E-state index contributed by atoms with van der Waals surface area (Å²) in [6.45, 7) is 9.58. The lowest BCUT2D eigenvalue weighted by atomic mass is 9.45. The molecular formula is C17H28O2. The van der Waals surface area contributed by atoms with Gasteiger partial charge < -0.3 is 4.74 Å². The van der Waals surface area contributed by atoms with E-state index < -0.39 is 0 Å². The van der Waals surface area contributed by atoms with Crippen LogP contribution in [0, 0.1) is 22.7 Å². The number of hydrogen-bond acceptors (Lipinski definition) is 2. The minimum Gasteiger partial charge on any atom is -0.459 e. The fourth-order valence-corrected chi connectivity index (χ4v) is 5.94. The van der Waals surface area contributed by atoms with E-state index in [-0.39, 0.29) is 11.6 Å². The van der Waals surface area contributed by atoms with Crippen LogP contribution in [0.25, 0.3) is 0 Å². The molecule has 108 valence electrons. The average molecular weight is 264 g/mol. The zero-order valence-corrected chi connectivity index (χ0v) is 12.9. The Balaban J connectivity index is 1.97. The van der Waals surface area contributed by atoms with E-state index >= 15 is 0 Å². The van der Waals surface area contributed by atoms with Crippen molar-refractivity contribution in [3.63, 3.8) is 0 Å². The van der Waals surface area contributed by atoms with Gasteiger partial charge in [-0.05, 0) is 55.8 Å². The van der Waals surface area contributed by atoms with Crippen LogP contribution in [0.4, 0.5) is 0 Å². The molecule has 19 heavy (non-hydrogen) atoms. The average Bonchev–Trinajstić information content (AvgIpc) is 2.25. The topological polar surface area (TPSA) is 26.3 Å². The van der Waals surface area contributed by atoms with E-state index in [4.69, 9.17) is 4.74 Å². The number of fused-ring (bicyclic) bond motifs is 3. The Kier molecular flexibility index (Phi) is 2.82. The maximum absolute atomic E-state index is 11.7. The maximum atomic E-state index is 11.7. The lowest BCUT2D eigenvalue weighted by Gasteiger charge is -2.62. The number of carbonyl (C=O) groups is 1. The minimum absolute atomic E-state index is 0.0240. The van der Waals surface area contributed by atoms with Gasteiger partial charge in [-0.25, -0.2) is 0 Å². The fraction of sp³-hybridized carbons (Fsp3) is 0.941. The molecular weight excluding hydrogens is 236 g/mol. The normalized spacial score (nSPS) is 48.9. The van der Waals surface area contributed by atoms with Crippen LogP contribution in [-0.2, 0) is 9.53 Å². The second-order valence-electron chi connectivity index (χ2n) is 8.32. The van der Waals surface area contributed by atoms with Crippen LogP contribution in [0.3, 0.4) is 0 Å². The molecule has 3 fully saturated rings. The van der Waals surface area contributed by atoms with Crippen molar-refractivity contribution in [2.45, 2.75) is 78.2 Å². The van der Waals surface area contributed by atoms with Gasteiger partial charge in [0, 0.05) is 12.3 Å². The smallest absolute Gasteiger partial charge is 0.306 e. The van der Waals surface area contributed by atoms with Gasteiger partial charge >= 0.3 is 5.97 Å². The van der Waals surface area contributed by atoms with Crippen LogP contribution in [0.1, 0.15) is 72.6 Å². The molecule has 2 aliphatic carbocycles. The second-order valence-corrected chi connectivity index (χ2v) is 8.32. The number of ether oxygens (including phenoxy) is 1. The largest absolute Gasteiger partial charge is 0.459 e. The molecule has 0 aromatic heterocycles. The van der Waals surface area contributed by atoms with Gasteiger partial charge in [-0.1, -0.05) is 27.2 Å². The zero-order valence-electron chi connectivity index (χ0n) is 12.9. The number of rotatable bonds is 0. The molecule has 0 amide bonds. The van der Waals surface area contributed by atoms with Crippen LogP contribution >= 0.6 is 0 Å². The van der Waals surface area contributed by atoms with E-state index in [2.05, 4.69) is 27.7 Å². The highest BCUT2D eigenvalue weighted by Crippen LogP contribution is 2.64. The van der Waals surface area contributed by atoms with Crippen LogP contribution in [0.5, 0.6) is 0 Å². The quantitative estimate of drug-likeness (QED) is 0.609. The van der Waals surface area contributed by atoms with Gasteiger partial charge in [0.25, 0.3) is 0 Å². The minimum atomic E-state index is -0.187. The molecule has 1 saturated heterocycles. The summed E-state index contributed by atoms with van der Waals surface area (Å²) >= 11 is 0. The van der Waals surface area contributed by atoms with Crippen molar-refractivity contribution in [3.8, 4) is 0 Å². The standard InChI is InChI=1S/C17H28O2/c1-15(2)9-5-10-16(3)12(15)8-11-17(4)13(16)6-7-14(18)19-17/h12-13H,5-11H2,1-4H3. The van der Waals surface area contributed by atoms with Crippen LogP contribution in [0.2, 0.25) is 0 Å². The van der Waals surface area contributed by atoms with Crippen molar-refractivity contribution in [1.29, 1.82) is 0 Å². The summed E-state index contributed by atoms with van der Waals surface area (Å²) in [4.78, 5) is 11.7. The monoisotopic (exact) mass is 264 g/mol. The van der Waals surface area contributed by atoms with Crippen LogP contribution in [-0.4, -0.2) is 11.6 Å². The van der Waals surface area contributed by atoms with E-state index in [1.807, 2.05) is 0 Å². The predicted octanol–water partition coefficient (Wildman–Crippen LogP) is 4.32. The van der Waals surface area contributed by atoms with E-state index in [9.17, 15) is 4.79 Å².